The molecule has 70 valence electrons. The molecule has 0 atom stereocenters. The molecule has 0 bridgehead atoms. The van der Waals surface area contributed by atoms with Gasteiger partial charge in [0.2, 0.25) is 0 Å². The van der Waals surface area contributed by atoms with Gasteiger partial charge in [-0.2, -0.15) is 0 Å². The summed E-state index contributed by atoms with van der Waals surface area (Å²) in [6, 6.07) is 6.61. The zero-order chi connectivity index (χ0) is 9.68. The van der Waals surface area contributed by atoms with Gasteiger partial charge in [-0.1, -0.05) is 12.1 Å². The fourth-order valence-electron chi connectivity index (χ4n) is 0.817. The molecule has 5 heteroatoms. The van der Waals surface area contributed by atoms with E-state index in [-0.39, 0.29) is 0 Å². The second-order valence-electron chi connectivity index (χ2n) is 2.26. The summed E-state index contributed by atoms with van der Waals surface area (Å²) in [4.78, 5) is 20.0. The molecule has 0 aliphatic heterocycles. The van der Waals surface area contributed by atoms with Crippen molar-refractivity contribution in [2.75, 3.05) is 12.8 Å². The highest BCUT2D eigenvalue weighted by atomic mass is 16.9. The van der Waals surface area contributed by atoms with E-state index in [1.807, 2.05) is 5.64 Å². The average molecular weight is 182 g/mol. The Labute approximate surface area is 75.3 Å². The fourth-order valence-corrected chi connectivity index (χ4v) is 0.817. The molecule has 0 fully saturated rings. The van der Waals surface area contributed by atoms with Gasteiger partial charge in [0.25, 0.3) is 0 Å². The van der Waals surface area contributed by atoms with Crippen molar-refractivity contribution in [1.82, 2.24) is 5.64 Å². The molecule has 0 radical (unpaired) electrons. The highest BCUT2D eigenvalue weighted by Crippen LogP contribution is 2.10. The number of anilines is 1. The zero-order valence-electron chi connectivity index (χ0n) is 7.11. The van der Waals surface area contributed by atoms with E-state index in [0.29, 0.717) is 11.3 Å². The predicted molar refractivity (Wildman–Crippen MR) is 46.4 cm³/mol. The molecule has 0 saturated carbocycles. The van der Waals surface area contributed by atoms with Crippen molar-refractivity contribution in [2.45, 2.75) is 0 Å². The number of para-hydroxylation sites is 1. The Kier molecular flexibility index (Phi) is 3.24. The average Bonchev–Trinajstić information content (AvgIpc) is 2.15. The van der Waals surface area contributed by atoms with Gasteiger partial charge in [-0.3, -0.25) is 4.84 Å². The molecule has 0 heterocycles. The van der Waals surface area contributed by atoms with Crippen LogP contribution in [0.25, 0.3) is 0 Å². The predicted octanol–water partition coefficient (Wildman–Crippen LogP) is 0.492. The zero-order valence-corrected chi connectivity index (χ0v) is 7.11. The number of benzene rings is 1. The molecule has 0 saturated heterocycles. The summed E-state index contributed by atoms with van der Waals surface area (Å²) in [5.41, 5.74) is 8.16. The van der Waals surface area contributed by atoms with Gasteiger partial charge in [0.15, 0.2) is 0 Å². The van der Waals surface area contributed by atoms with E-state index in [0.717, 1.165) is 0 Å². The number of carbonyl (C=O) groups excluding carboxylic acids is 1. The lowest BCUT2D eigenvalue weighted by Gasteiger charge is -2.04. The van der Waals surface area contributed by atoms with Gasteiger partial charge in [0.1, 0.15) is 0 Å². The molecule has 1 aromatic rings. The minimum atomic E-state index is -0.583. The Morgan fingerprint density at radius 2 is 2.15 bits per heavy atom. The highest BCUT2D eigenvalue weighted by molar-refractivity contribution is 5.94. The van der Waals surface area contributed by atoms with Crippen LogP contribution in [0.3, 0.4) is 0 Å². The molecule has 1 rings (SSSR count). The molecule has 0 spiro atoms. The van der Waals surface area contributed by atoms with Crippen molar-refractivity contribution in [3.8, 4) is 0 Å². The number of nitrogens with one attached hydrogen (secondary N) is 1. The first-order valence-electron chi connectivity index (χ1n) is 3.59. The SMILES string of the molecule is CONOC(=O)c1ccccc1N. The largest absolute Gasteiger partial charge is 0.398 e. The number of rotatable bonds is 3. The maximum atomic E-state index is 11.2. The lowest BCUT2D eigenvalue weighted by molar-refractivity contribution is -0.114. The number of carbonyl (C=O) groups is 1. The molecule has 3 N–H and O–H groups in total. The summed E-state index contributed by atoms with van der Waals surface area (Å²) in [6.07, 6.45) is 0. The van der Waals surface area contributed by atoms with Crippen LogP contribution in [0.15, 0.2) is 24.3 Å². The first-order chi connectivity index (χ1) is 6.25. The third-order valence-electron chi connectivity index (χ3n) is 1.40. The monoisotopic (exact) mass is 182 g/mol. The summed E-state index contributed by atoms with van der Waals surface area (Å²) < 4.78 is 0. The van der Waals surface area contributed by atoms with Crippen LogP contribution in [0.5, 0.6) is 0 Å². The summed E-state index contributed by atoms with van der Waals surface area (Å²) in [5, 5.41) is 0. The summed E-state index contributed by atoms with van der Waals surface area (Å²) >= 11 is 0. The molecule has 0 aromatic heterocycles. The molecule has 0 aliphatic rings. The third-order valence-corrected chi connectivity index (χ3v) is 1.40. The highest BCUT2D eigenvalue weighted by Gasteiger charge is 2.09. The molecule has 0 unspecified atom stereocenters. The Balaban J connectivity index is 2.71. The van der Waals surface area contributed by atoms with Gasteiger partial charge >= 0.3 is 5.97 Å². The van der Waals surface area contributed by atoms with Gasteiger partial charge in [0, 0.05) is 5.69 Å². The lowest BCUT2D eigenvalue weighted by atomic mass is 10.2. The maximum absolute atomic E-state index is 11.2. The minimum absolute atomic E-state index is 0.298. The van der Waals surface area contributed by atoms with Crippen LogP contribution >= 0.6 is 0 Å². The first-order valence-corrected chi connectivity index (χ1v) is 3.59. The number of nitrogens with two attached hydrogens (primary N) is 1. The Morgan fingerprint density at radius 3 is 2.77 bits per heavy atom. The van der Waals surface area contributed by atoms with Crippen molar-refractivity contribution >= 4 is 11.7 Å². The molecular formula is C8H10N2O3. The maximum Gasteiger partial charge on any atom is 0.361 e. The van der Waals surface area contributed by atoms with E-state index in [1.54, 1.807) is 24.3 Å². The lowest BCUT2D eigenvalue weighted by Crippen LogP contribution is -2.19. The summed E-state index contributed by atoms with van der Waals surface area (Å²) in [7, 11) is 1.33. The van der Waals surface area contributed by atoms with Gasteiger partial charge in [-0.25, -0.2) is 4.79 Å². The van der Waals surface area contributed by atoms with Gasteiger partial charge in [-0.05, 0) is 17.8 Å². The third kappa shape index (κ3) is 2.43. The Bertz CT molecular complexity index is 301. The topological polar surface area (TPSA) is 73.6 Å². The van der Waals surface area contributed by atoms with E-state index in [9.17, 15) is 4.79 Å². The van der Waals surface area contributed by atoms with Crippen LogP contribution in [-0.2, 0) is 9.68 Å². The Morgan fingerprint density at radius 1 is 1.46 bits per heavy atom. The molecule has 1 aromatic carbocycles. The van der Waals surface area contributed by atoms with Crippen LogP contribution in [-0.4, -0.2) is 13.1 Å². The van der Waals surface area contributed by atoms with E-state index in [1.165, 1.54) is 7.11 Å². The van der Waals surface area contributed by atoms with Crippen molar-refractivity contribution < 1.29 is 14.5 Å². The van der Waals surface area contributed by atoms with Crippen molar-refractivity contribution in [3.05, 3.63) is 29.8 Å². The standard InChI is InChI=1S/C8H10N2O3/c1-12-10-13-8(11)6-4-2-3-5-7(6)9/h2-5,10H,9H2,1H3. The number of nitrogen functional groups attached to an aromatic ring is 1. The van der Waals surface area contributed by atoms with Crippen LogP contribution < -0.4 is 11.4 Å². The van der Waals surface area contributed by atoms with Gasteiger partial charge < -0.3 is 10.6 Å². The van der Waals surface area contributed by atoms with Crippen molar-refractivity contribution in [1.29, 1.82) is 0 Å². The fraction of sp³-hybridized carbons (Fsp3) is 0.125. The Hall–Kier alpha value is -1.59. The van der Waals surface area contributed by atoms with Crippen molar-refractivity contribution in [2.24, 2.45) is 0 Å². The molecule has 0 amide bonds. The molecule has 13 heavy (non-hydrogen) atoms. The second kappa shape index (κ2) is 4.44. The number of hydrogen-bond acceptors (Lipinski definition) is 5. The molecular weight excluding hydrogens is 172 g/mol. The van der Waals surface area contributed by atoms with E-state index in [2.05, 4.69) is 9.68 Å². The van der Waals surface area contributed by atoms with Crippen LogP contribution in [0.4, 0.5) is 5.69 Å². The van der Waals surface area contributed by atoms with Crippen molar-refractivity contribution in [3.63, 3.8) is 0 Å². The van der Waals surface area contributed by atoms with Crippen LogP contribution in [0, 0.1) is 0 Å². The minimum Gasteiger partial charge on any atom is -0.398 e. The second-order valence-corrected chi connectivity index (χ2v) is 2.26. The van der Waals surface area contributed by atoms with E-state index >= 15 is 0 Å². The van der Waals surface area contributed by atoms with Gasteiger partial charge in [0.05, 0.1) is 12.7 Å². The van der Waals surface area contributed by atoms with E-state index in [4.69, 9.17) is 5.73 Å². The number of hydrogen-bond donors (Lipinski definition) is 2. The normalized spacial score (nSPS) is 9.62. The van der Waals surface area contributed by atoms with Gasteiger partial charge in [-0.15, -0.1) is 0 Å². The van der Waals surface area contributed by atoms with Crippen LogP contribution in [0.2, 0.25) is 0 Å². The summed E-state index contributed by atoms with van der Waals surface area (Å²) in [5.74, 6) is -0.583. The summed E-state index contributed by atoms with van der Waals surface area (Å²) in [6.45, 7) is 0. The van der Waals surface area contributed by atoms with Crippen LogP contribution in [0.1, 0.15) is 10.4 Å². The van der Waals surface area contributed by atoms with E-state index < -0.39 is 5.97 Å². The molecule has 0 aliphatic carbocycles. The quantitative estimate of drug-likeness (QED) is 0.525. The first kappa shape index (κ1) is 9.50. The smallest absolute Gasteiger partial charge is 0.361 e. The molecule has 5 nitrogen and oxygen atoms in total.